The van der Waals surface area contributed by atoms with Gasteiger partial charge in [-0.3, -0.25) is 4.79 Å². The van der Waals surface area contributed by atoms with Crippen LogP contribution in [0.4, 0.5) is 0 Å². The van der Waals surface area contributed by atoms with Gasteiger partial charge >= 0.3 is 0 Å². The molecule has 4 nitrogen and oxygen atoms in total. The lowest BCUT2D eigenvalue weighted by molar-refractivity contribution is -0.136. The van der Waals surface area contributed by atoms with E-state index >= 15 is 0 Å². The zero-order valence-electron chi connectivity index (χ0n) is 13.9. The fraction of sp³-hybridized carbons (Fsp3) is 0.632. The first-order chi connectivity index (χ1) is 11.2. The molecule has 1 aliphatic carbocycles. The minimum absolute atomic E-state index is 0.314. The van der Waals surface area contributed by atoms with Crippen LogP contribution in [0.5, 0.6) is 5.75 Å². The van der Waals surface area contributed by atoms with Gasteiger partial charge in [0.05, 0.1) is 12.5 Å². The molecule has 1 N–H and O–H groups in total. The van der Waals surface area contributed by atoms with Crippen LogP contribution in [0.25, 0.3) is 0 Å². The Hall–Kier alpha value is -1.55. The molecular formula is C19H26N2O2. The number of hydrogen-bond acceptors (Lipinski definition) is 3. The number of piperidine rings is 1. The topological polar surface area (TPSA) is 41.6 Å². The van der Waals surface area contributed by atoms with Gasteiger partial charge in [0.2, 0.25) is 5.91 Å². The maximum Gasteiger partial charge on any atom is 0.233 e. The number of hydrogen-bond donors (Lipinski definition) is 1. The van der Waals surface area contributed by atoms with E-state index in [4.69, 9.17) is 4.74 Å². The second kappa shape index (κ2) is 5.52. The average molecular weight is 314 g/mol. The van der Waals surface area contributed by atoms with Crippen molar-refractivity contribution in [2.75, 3.05) is 33.3 Å². The number of nitrogens with one attached hydrogen (secondary N) is 1. The molecule has 0 bridgehead atoms. The minimum atomic E-state index is -0.314. The molecule has 0 atom stereocenters. The van der Waals surface area contributed by atoms with Crippen LogP contribution >= 0.6 is 0 Å². The number of rotatable bonds is 3. The number of methoxy groups -OCH3 is 1. The van der Waals surface area contributed by atoms with Crippen molar-refractivity contribution in [3.8, 4) is 5.75 Å². The molecule has 1 aromatic carbocycles. The van der Waals surface area contributed by atoms with Crippen molar-refractivity contribution in [3.05, 3.63) is 29.8 Å². The van der Waals surface area contributed by atoms with Crippen LogP contribution in [0.3, 0.4) is 0 Å². The third kappa shape index (κ3) is 2.44. The van der Waals surface area contributed by atoms with E-state index in [0.717, 1.165) is 63.2 Å². The summed E-state index contributed by atoms with van der Waals surface area (Å²) in [6.45, 7) is 4.10. The lowest BCUT2D eigenvalue weighted by atomic mass is 9.77. The molecule has 4 heteroatoms. The summed E-state index contributed by atoms with van der Waals surface area (Å²) in [7, 11) is 1.69. The minimum Gasteiger partial charge on any atom is -0.496 e. The molecule has 3 fully saturated rings. The molecule has 0 aromatic heterocycles. The van der Waals surface area contributed by atoms with Crippen molar-refractivity contribution >= 4 is 5.91 Å². The Balaban J connectivity index is 1.51. The van der Waals surface area contributed by atoms with Gasteiger partial charge in [0.25, 0.3) is 0 Å². The summed E-state index contributed by atoms with van der Waals surface area (Å²) in [5, 5.41) is 3.49. The molecule has 1 spiro atoms. The van der Waals surface area contributed by atoms with Crippen molar-refractivity contribution < 1.29 is 9.53 Å². The van der Waals surface area contributed by atoms with Gasteiger partial charge in [-0.15, -0.1) is 0 Å². The first-order valence-corrected chi connectivity index (χ1v) is 8.83. The summed E-state index contributed by atoms with van der Waals surface area (Å²) in [5.74, 6) is 1.18. The summed E-state index contributed by atoms with van der Waals surface area (Å²) in [6, 6.07) is 8.02. The molecular weight excluding hydrogens is 288 g/mol. The van der Waals surface area contributed by atoms with Crippen LogP contribution in [0.15, 0.2) is 24.3 Å². The Kier molecular flexibility index (Phi) is 3.60. The van der Waals surface area contributed by atoms with Crippen LogP contribution < -0.4 is 10.1 Å². The highest BCUT2D eigenvalue weighted by Crippen LogP contribution is 2.53. The second-order valence-electron chi connectivity index (χ2n) is 7.50. The Labute approximate surface area is 138 Å². The predicted octanol–water partition coefficient (Wildman–Crippen LogP) is 2.33. The van der Waals surface area contributed by atoms with Crippen LogP contribution in [-0.2, 0) is 10.2 Å². The number of carbonyl (C=O) groups excluding carboxylic acids is 1. The van der Waals surface area contributed by atoms with Crippen molar-refractivity contribution in [3.63, 3.8) is 0 Å². The van der Waals surface area contributed by atoms with E-state index < -0.39 is 0 Å². The van der Waals surface area contributed by atoms with E-state index in [1.165, 1.54) is 6.42 Å². The molecule has 1 aromatic rings. The highest BCUT2D eigenvalue weighted by molar-refractivity contribution is 5.92. The maximum atomic E-state index is 13.2. The predicted molar refractivity (Wildman–Crippen MR) is 89.6 cm³/mol. The number of amides is 1. The van der Waals surface area contributed by atoms with Gasteiger partial charge in [-0.05, 0) is 50.1 Å². The zero-order valence-corrected chi connectivity index (χ0v) is 13.9. The molecule has 124 valence electrons. The fourth-order valence-electron chi connectivity index (χ4n) is 4.47. The van der Waals surface area contributed by atoms with E-state index in [9.17, 15) is 4.79 Å². The summed E-state index contributed by atoms with van der Waals surface area (Å²) >= 11 is 0. The van der Waals surface area contributed by atoms with Crippen molar-refractivity contribution in [1.29, 1.82) is 0 Å². The number of likely N-dealkylation sites (tertiary alicyclic amines) is 1. The first kappa shape index (κ1) is 15.0. The third-order valence-corrected chi connectivity index (χ3v) is 6.23. The van der Waals surface area contributed by atoms with Gasteiger partial charge in [0.15, 0.2) is 0 Å². The zero-order chi connectivity index (χ0) is 15.9. The number of nitrogens with zero attached hydrogens (tertiary/aromatic N) is 1. The largest absolute Gasteiger partial charge is 0.496 e. The maximum absolute atomic E-state index is 13.2. The molecule has 3 aliphatic rings. The van der Waals surface area contributed by atoms with Gasteiger partial charge < -0.3 is 15.0 Å². The van der Waals surface area contributed by atoms with Crippen LogP contribution in [-0.4, -0.2) is 44.1 Å². The van der Waals surface area contributed by atoms with Gasteiger partial charge in [-0.1, -0.05) is 18.2 Å². The molecule has 2 heterocycles. The Morgan fingerprint density at radius 3 is 2.48 bits per heavy atom. The summed E-state index contributed by atoms with van der Waals surface area (Å²) in [4.78, 5) is 15.3. The second-order valence-corrected chi connectivity index (χ2v) is 7.50. The normalized spacial score (nSPS) is 24.7. The Morgan fingerprint density at radius 2 is 1.87 bits per heavy atom. The van der Waals surface area contributed by atoms with E-state index in [2.05, 4.69) is 16.3 Å². The highest BCUT2D eigenvalue weighted by Gasteiger charge is 2.55. The van der Waals surface area contributed by atoms with E-state index in [-0.39, 0.29) is 5.41 Å². The van der Waals surface area contributed by atoms with Gasteiger partial charge in [-0.25, -0.2) is 0 Å². The SMILES string of the molecule is COc1ccccc1C1(C(=O)N2CCC3(CCNC3)CC2)CC1. The molecule has 2 aliphatic heterocycles. The van der Waals surface area contributed by atoms with Gasteiger partial charge in [-0.2, -0.15) is 0 Å². The third-order valence-electron chi connectivity index (χ3n) is 6.23. The van der Waals surface area contributed by atoms with E-state index in [1.807, 2.05) is 18.2 Å². The summed E-state index contributed by atoms with van der Waals surface area (Å²) < 4.78 is 5.51. The number of benzene rings is 1. The van der Waals surface area contributed by atoms with Gasteiger partial charge in [0.1, 0.15) is 5.75 Å². The van der Waals surface area contributed by atoms with Crippen LogP contribution in [0, 0.1) is 5.41 Å². The average Bonchev–Trinajstić information content (AvgIpc) is 3.30. The Morgan fingerprint density at radius 1 is 1.13 bits per heavy atom. The number of carbonyl (C=O) groups is 1. The Bertz CT molecular complexity index is 593. The molecule has 4 rings (SSSR count). The van der Waals surface area contributed by atoms with Crippen LogP contribution in [0.2, 0.25) is 0 Å². The van der Waals surface area contributed by atoms with Crippen LogP contribution in [0.1, 0.15) is 37.7 Å². The van der Waals surface area contributed by atoms with Crippen molar-refractivity contribution in [2.45, 2.75) is 37.5 Å². The van der Waals surface area contributed by atoms with E-state index in [0.29, 0.717) is 11.3 Å². The molecule has 1 amide bonds. The monoisotopic (exact) mass is 314 g/mol. The quantitative estimate of drug-likeness (QED) is 0.931. The van der Waals surface area contributed by atoms with Crippen molar-refractivity contribution in [2.24, 2.45) is 5.41 Å². The van der Waals surface area contributed by atoms with Crippen molar-refractivity contribution in [1.82, 2.24) is 10.2 Å². The highest BCUT2D eigenvalue weighted by atomic mass is 16.5. The first-order valence-electron chi connectivity index (χ1n) is 8.83. The lowest BCUT2D eigenvalue weighted by Crippen LogP contribution is -2.47. The molecule has 0 unspecified atom stereocenters. The molecule has 2 saturated heterocycles. The fourth-order valence-corrected chi connectivity index (χ4v) is 4.47. The van der Waals surface area contributed by atoms with Gasteiger partial charge in [0, 0.05) is 25.2 Å². The molecule has 1 saturated carbocycles. The lowest BCUT2D eigenvalue weighted by Gasteiger charge is -2.40. The van der Waals surface area contributed by atoms with E-state index in [1.54, 1.807) is 7.11 Å². The number of ether oxygens (including phenoxy) is 1. The molecule has 23 heavy (non-hydrogen) atoms. The summed E-state index contributed by atoms with van der Waals surface area (Å²) in [6.07, 6.45) is 5.47. The molecule has 0 radical (unpaired) electrons. The summed E-state index contributed by atoms with van der Waals surface area (Å²) in [5.41, 5.74) is 1.22. The standard InChI is InChI=1S/C19H26N2O2/c1-23-16-5-3-2-4-15(16)19(6-7-19)17(22)21-12-9-18(10-13-21)8-11-20-14-18/h2-5,20H,6-14H2,1H3. The number of para-hydroxylation sites is 1. The smallest absolute Gasteiger partial charge is 0.233 e.